The Kier molecular flexibility index (Phi) is 5.72. The van der Waals surface area contributed by atoms with E-state index < -0.39 is 17.6 Å². The van der Waals surface area contributed by atoms with Gasteiger partial charge in [-0.1, -0.05) is 33.8 Å². The summed E-state index contributed by atoms with van der Waals surface area (Å²) in [4.78, 5) is 11.9. The molecule has 21 heavy (non-hydrogen) atoms. The molecule has 0 spiro atoms. The highest BCUT2D eigenvalue weighted by Gasteiger charge is 2.30. The van der Waals surface area contributed by atoms with Crippen molar-refractivity contribution in [1.82, 2.24) is 5.32 Å². The molecule has 0 aliphatic carbocycles. The number of hydrogen-bond acceptors (Lipinski definition) is 2. The molecule has 0 radical (unpaired) electrons. The molecule has 0 aliphatic heterocycles. The van der Waals surface area contributed by atoms with Crippen LogP contribution in [0.1, 0.15) is 33.3 Å². The number of aliphatic hydroxyl groups is 1. The molecule has 0 heterocycles. The first-order valence-electron chi connectivity index (χ1n) is 7.13. The molecule has 5 heteroatoms. The summed E-state index contributed by atoms with van der Waals surface area (Å²) in [5.41, 5.74) is 0.395. The van der Waals surface area contributed by atoms with Gasteiger partial charge in [0.15, 0.2) is 0 Å². The molecular weight excluding hydrogens is 271 g/mol. The Morgan fingerprint density at radius 1 is 1.38 bits per heavy atom. The van der Waals surface area contributed by atoms with E-state index in [1.807, 2.05) is 27.7 Å². The SMILES string of the molecule is Cc1c(F)cccc1NC(=O)NCC(C)(C)C(O)C(C)C. The molecule has 0 aliphatic rings. The molecule has 1 unspecified atom stereocenters. The van der Waals surface area contributed by atoms with E-state index in [0.717, 1.165) is 0 Å². The van der Waals surface area contributed by atoms with Crippen LogP contribution in [0, 0.1) is 24.1 Å². The first-order chi connectivity index (χ1) is 9.65. The average molecular weight is 296 g/mol. The molecule has 1 atom stereocenters. The summed E-state index contributed by atoms with van der Waals surface area (Å²) in [7, 11) is 0. The summed E-state index contributed by atoms with van der Waals surface area (Å²) >= 11 is 0. The lowest BCUT2D eigenvalue weighted by molar-refractivity contribution is 0.0154. The van der Waals surface area contributed by atoms with Gasteiger partial charge in [-0.3, -0.25) is 0 Å². The first-order valence-corrected chi connectivity index (χ1v) is 7.13. The number of hydrogen-bond donors (Lipinski definition) is 3. The Morgan fingerprint density at radius 2 is 2.00 bits per heavy atom. The Hall–Kier alpha value is -1.62. The molecule has 0 fully saturated rings. The fourth-order valence-corrected chi connectivity index (χ4v) is 2.22. The number of nitrogens with one attached hydrogen (secondary N) is 2. The van der Waals surface area contributed by atoms with Crippen molar-refractivity contribution in [2.24, 2.45) is 11.3 Å². The lowest BCUT2D eigenvalue weighted by atomic mass is 9.81. The maximum Gasteiger partial charge on any atom is 0.319 e. The number of amides is 2. The van der Waals surface area contributed by atoms with E-state index in [0.29, 0.717) is 17.8 Å². The molecule has 1 aromatic rings. The minimum Gasteiger partial charge on any atom is -0.392 e. The monoisotopic (exact) mass is 296 g/mol. The number of halogens is 1. The third-order valence-electron chi connectivity index (χ3n) is 3.65. The lowest BCUT2D eigenvalue weighted by Gasteiger charge is -2.33. The Bertz CT molecular complexity index is 501. The summed E-state index contributed by atoms with van der Waals surface area (Å²) < 4.78 is 13.4. The maximum absolute atomic E-state index is 13.4. The van der Waals surface area contributed by atoms with Gasteiger partial charge in [0.05, 0.1) is 6.10 Å². The van der Waals surface area contributed by atoms with Crippen LogP contribution < -0.4 is 10.6 Å². The van der Waals surface area contributed by atoms with Crippen molar-refractivity contribution < 1.29 is 14.3 Å². The van der Waals surface area contributed by atoms with Gasteiger partial charge in [0.1, 0.15) is 5.82 Å². The Balaban J connectivity index is 2.61. The molecule has 118 valence electrons. The lowest BCUT2D eigenvalue weighted by Crippen LogP contribution is -2.44. The van der Waals surface area contributed by atoms with Crippen molar-refractivity contribution in [3.63, 3.8) is 0 Å². The standard InChI is InChI=1S/C16H25FN2O2/c1-10(2)14(20)16(4,5)9-18-15(21)19-13-8-6-7-12(17)11(13)3/h6-8,10,14,20H,9H2,1-5H3,(H2,18,19,21). The van der Waals surface area contributed by atoms with Gasteiger partial charge in [0.2, 0.25) is 0 Å². The highest BCUT2D eigenvalue weighted by molar-refractivity contribution is 5.90. The van der Waals surface area contributed by atoms with E-state index in [9.17, 15) is 14.3 Å². The molecular formula is C16H25FN2O2. The number of carbonyl (C=O) groups is 1. The van der Waals surface area contributed by atoms with Crippen LogP contribution in [0.5, 0.6) is 0 Å². The number of rotatable bonds is 5. The van der Waals surface area contributed by atoms with Gasteiger partial charge in [0.25, 0.3) is 0 Å². The van der Waals surface area contributed by atoms with Gasteiger partial charge in [0, 0.05) is 23.2 Å². The molecule has 0 bridgehead atoms. The summed E-state index contributed by atoms with van der Waals surface area (Å²) in [5.74, 6) is -0.251. The van der Waals surface area contributed by atoms with Crippen LogP contribution in [0.2, 0.25) is 0 Å². The fraction of sp³-hybridized carbons (Fsp3) is 0.562. The molecule has 4 nitrogen and oxygen atoms in total. The summed E-state index contributed by atoms with van der Waals surface area (Å²) in [5, 5.41) is 15.5. The third-order valence-corrected chi connectivity index (χ3v) is 3.65. The minimum atomic E-state index is -0.520. The average Bonchev–Trinajstić information content (AvgIpc) is 2.41. The second-order valence-corrected chi connectivity index (χ2v) is 6.40. The summed E-state index contributed by atoms with van der Waals surface area (Å²) in [6.07, 6.45) is -0.520. The van der Waals surface area contributed by atoms with Gasteiger partial charge in [-0.05, 0) is 25.0 Å². The second kappa shape index (κ2) is 6.89. The quantitative estimate of drug-likeness (QED) is 0.780. The largest absolute Gasteiger partial charge is 0.392 e. The highest BCUT2D eigenvalue weighted by Crippen LogP contribution is 2.25. The third kappa shape index (κ3) is 4.70. The number of urea groups is 1. The van der Waals surface area contributed by atoms with Gasteiger partial charge in [-0.15, -0.1) is 0 Å². The fourth-order valence-electron chi connectivity index (χ4n) is 2.22. The van der Waals surface area contributed by atoms with E-state index in [1.165, 1.54) is 6.07 Å². The maximum atomic E-state index is 13.4. The number of benzene rings is 1. The summed E-state index contributed by atoms with van der Waals surface area (Å²) in [6.45, 7) is 9.59. The van der Waals surface area contributed by atoms with Crippen LogP contribution in [-0.2, 0) is 0 Å². The highest BCUT2D eigenvalue weighted by atomic mass is 19.1. The van der Waals surface area contributed by atoms with Crippen molar-refractivity contribution in [3.05, 3.63) is 29.6 Å². The Morgan fingerprint density at radius 3 is 2.57 bits per heavy atom. The van der Waals surface area contributed by atoms with Gasteiger partial charge in [-0.25, -0.2) is 9.18 Å². The number of anilines is 1. The van der Waals surface area contributed by atoms with Crippen molar-refractivity contribution in [1.29, 1.82) is 0 Å². The molecule has 2 amide bonds. The Labute approximate surface area is 125 Å². The van der Waals surface area contributed by atoms with Crippen LogP contribution in [-0.4, -0.2) is 23.8 Å². The zero-order valence-corrected chi connectivity index (χ0v) is 13.3. The van der Waals surface area contributed by atoms with Crippen LogP contribution in [0.25, 0.3) is 0 Å². The van der Waals surface area contributed by atoms with Crippen molar-refractivity contribution in [3.8, 4) is 0 Å². The van der Waals surface area contributed by atoms with Crippen molar-refractivity contribution >= 4 is 11.7 Å². The first kappa shape index (κ1) is 17.4. The smallest absolute Gasteiger partial charge is 0.319 e. The molecule has 0 saturated heterocycles. The van der Waals surface area contributed by atoms with E-state index >= 15 is 0 Å². The second-order valence-electron chi connectivity index (χ2n) is 6.40. The van der Waals surface area contributed by atoms with Gasteiger partial charge >= 0.3 is 6.03 Å². The zero-order valence-electron chi connectivity index (χ0n) is 13.3. The van der Waals surface area contributed by atoms with Gasteiger partial charge in [-0.2, -0.15) is 0 Å². The predicted octanol–water partition coefficient (Wildman–Crippen LogP) is 3.30. The van der Waals surface area contributed by atoms with E-state index in [4.69, 9.17) is 0 Å². The van der Waals surface area contributed by atoms with E-state index in [2.05, 4.69) is 10.6 Å². The van der Waals surface area contributed by atoms with E-state index in [-0.39, 0.29) is 11.7 Å². The van der Waals surface area contributed by atoms with Crippen LogP contribution in [0.4, 0.5) is 14.9 Å². The normalized spacial score (nSPS) is 13.1. The number of aliphatic hydroxyl groups excluding tert-OH is 1. The van der Waals surface area contributed by atoms with Crippen molar-refractivity contribution in [2.75, 3.05) is 11.9 Å². The van der Waals surface area contributed by atoms with E-state index in [1.54, 1.807) is 19.1 Å². The van der Waals surface area contributed by atoms with Crippen LogP contribution in [0.15, 0.2) is 18.2 Å². The molecule has 0 saturated carbocycles. The number of carbonyl (C=O) groups excluding carboxylic acids is 1. The van der Waals surface area contributed by atoms with Crippen LogP contribution >= 0.6 is 0 Å². The molecule has 3 N–H and O–H groups in total. The topological polar surface area (TPSA) is 61.4 Å². The van der Waals surface area contributed by atoms with Gasteiger partial charge < -0.3 is 15.7 Å². The minimum absolute atomic E-state index is 0.107. The molecule has 0 aromatic heterocycles. The predicted molar refractivity (Wildman–Crippen MR) is 82.8 cm³/mol. The molecule has 1 aromatic carbocycles. The van der Waals surface area contributed by atoms with Crippen molar-refractivity contribution in [2.45, 2.75) is 40.7 Å². The molecule has 1 rings (SSSR count). The zero-order chi connectivity index (χ0) is 16.2. The summed E-state index contributed by atoms with van der Waals surface area (Å²) in [6, 6.07) is 4.13. The van der Waals surface area contributed by atoms with Crippen LogP contribution in [0.3, 0.4) is 0 Å².